The maximum Gasteiger partial charge on any atom is 1.00 e. The molecule has 0 aliphatic carbocycles. The molecular formula is C55H63LiN4O11S2. The summed E-state index contributed by atoms with van der Waals surface area (Å²) < 4.78 is 75.4. The first kappa shape index (κ1) is 60.5. The average Bonchev–Trinajstić information content (AvgIpc) is 3.32. The quantitative estimate of drug-likeness (QED) is 0.0467. The van der Waals surface area contributed by atoms with Crippen molar-refractivity contribution in [1.82, 2.24) is 0 Å². The number of methoxy groups -OCH3 is 3. The van der Waals surface area contributed by atoms with Gasteiger partial charge < -0.3 is 34.6 Å². The fourth-order valence-corrected chi connectivity index (χ4v) is 12.1. The van der Waals surface area contributed by atoms with Gasteiger partial charge in [0.25, 0.3) is 20.0 Å². The van der Waals surface area contributed by atoms with Crippen molar-refractivity contribution in [3.63, 3.8) is 0 Å². The number of esters is 1. The van der Waals surface area contributed by atoms with E-state index < -0.39 is 26.0 Å². The molecule has 0 saturated heterocycles. The van der Waals surface area contributed by atoms with E-state index in [-0.39, 0.29) is 78.1 Å². The van der Waals surface area contributed by atoms with E-state index in [0.717, 1.165) is 33.3 Å². The smallest absolute Gasteiger partial charge is 0.870 e. The van der Waals surface area contributed by atoms with Gasteiger partial charge in [0.15, 0.2) is 0 Å². The number of aryl methyl sites for hydroxylation is 2. The summed E-state index contributed by atoms with van der Waals surface area (Å²) in [4.78, 5) is 27.5. The number of fused-ring (bicyclic) bond motifs is 2. The van der Waals surface area contributed by atoms with Gasteiger partial charge in [0.05, 0.1) is 68.4 Å². The standard InChI is InChI=1S/C28H32N2O5S.C27H30N2O5S.Li.H2O/c1-8-15-30(19(3)17-27(31)35-7)25-14-13-24(22-11-9-10-12-23(22)25)29-36(32,33)28-18(2)16-26(34-6)20(4)21(28)5;1-7-14-29(18(3)16-26(30)31)24-13-12-23(21-10-8-9-11-22(21)24)28-35(32,33)27-17(2)15-25(34-6)19(4)20(27)5;;/h1,9-14,16,19,29H,15,17H2,2-7H3;1,8-13,15,18,28H,14,16H2,2-6H3,(H,30,31);;1H2/q;;+1;/p-1/t19-;18-;;/m00../s1. The molecule has 382 valence electrons. The van der Waals surface area contributed by atoms with E-state index in [9.17, 15) is 31.5 Å². The minimum atomic E-state index is -3.92. The van der Waals surface area contributed by atoms with Crippen molar-refractivity contribution in [3.05, 3.63) is 118 Å². The number of nitrogens with one attached hydrogen (secondary N) is 2. The van der Waals surface area contributed by atoms with E-state index >= 15 is 0 Å². The molecule has 0 bridgehead atoms. The van der Waals surface area contributed by atoms with E-state index in [4.69, 9.17) is 27.1 Å². The zero-order valence-electron chi connectivity index (χ0n) is 43.5. The number of hydrogen-bond donors (Lipinski definition) is 3. The molecule has 0 unspecified atom stereocenters. The normalized spacial score (nSPS) is 11.7. The largest absolute Gasteiger partial charge is 1.00 e. The van der Waals surface area contributed by atoms with Crippen LogP contribution < -0.4 is 47.6 Å². The summed E-state index contributed by atoms with van der Waals surface area (Å²) in [6, 6.07) is 24.7. The molecule has 0 aromatic heterocycles. The van der Waals surface area contributed by atoms with Gasteiger partial charge in [0.1, 0.15) is 11.5 Å². The summed E-state index contributed by atoms with van der Waals surface area (Å²) in [6.45, 7) is 14.9. The van der Waals surface area contributed by atoms with Crippen LogP contribution in [0.2, 0.25) is 0 Å². The second kappa shape index (κ2) is 25.7. The van der Waals surface area contributed by atoms with Crippen LogP contribution in [-0.2, 0) is 34.4 Å². The van der Waals surface area contributed by atoms with Gasteiger partial charge in [-0.1, -0.05) is 60.4 Å². The Labute approximate surface area is 442 Å². The molecule has 0 radical (unpaired) electrons. The number of rotatable bonds is 18. The van der Waals surface area contributed by atoms with Crippen LogP contribution in [0.5, 0.6) is 11.5 Å². The first-order chi connectivity index (χ1) is 33.6. The van der Waals surface area contributed by atoms with Gasteiger partial charge in [0.2, 0.25) is 0 Å². The fraction of sp³-hybridized carbons (Fsp3) is 0.309. The van der Waals surface area contributed by atoms with Crippen LogP contribution in [0.15, 0.2) is 94.7 Å². The number of carbonyl (C=O) groups is 2. The third-order valence-electron chi connectivity index (χ3n) is 12.6. The zero-order valence-corrected chi connectivity index (χ0v) is 45.1. The molecule has 0 amide bonds. The Hall–Kier alpha value is -6.84. The molecule has 2 atom stereocenters. The number of carboxylic acid groups (broad SMARTS) is 1. The van der Waals surface area contributed by atoms with Crippen LogP contribution >= 0.6 is 0 Å². The molecule has 6 rings (SSSR count). The molecule has 0 aliphatic heterocycles. The number of carboxylic acids is 1. The topological polar surface area (TPSA) is 211 Å². The van der Waals surface area contributed by atoms with Crippen LogP contribution in [0.1, 0.15) is 60.1 Å². The number of anilines is 4. The van der Waals surface area contributed by atoms with Crippen molar-refractivity contribution in [2.24, 2.45) is 0 Å². The Morgan fingerprint density at radius 3 is 1.29 bits per heavy atom. The van der Waals surface area contributed by atoms with Crippen molar-refractivity contribution in [2.75, 3.05) is 53.7 Å². The van der Waals surface area contributed by atoms with Gasteiger partial charge >= 0.3 is 30.8 Å². The molecule has 0 fully saturated rings. The minimum Gasteiger partial charge on any atom is -0.870 e. The van der Waals surface area contributed by atoms with Gasteiger partial charge in [-0.3, -0.25) is 19.0 Å². The van der Waals surface area contributed by atoms with Crippen LogP contribution in [0.4, 0.5) is 22.7 Å². The number of ether oxygens (including phenoxy) is 3. The Morgan fingerprint density at radius 2 is 0.959 bits per heavy atom. The van der Waals surface area contributed by atoms with Crippen LogP contribution in [-0.4, -0.2) is 85.9 Å². The number of nitrogens with zero attached hydrogens (tertiary/aromatic N) is 2. The van der Waals surface area contributed by atoms with Gasteiger partial charge in [-0.15, -0.1) is 12.8 Å². The molecule has 0 spiro atoms. The van der Waals surface area contributed by atoms with Gasteiger partial charge in [-0.05, 0) is 125 Å². The number of hydrogen-bond acceptors (Lipinski definition) is 12. The maximum absolute atomic E-state index is 13.6. The Morgan fingerprint density at radius 1 is 0.603 bits per heavy atom. The molecule has 18 heteroatoms. The molecule has 6 aromatic rings. The first-order valence-corrected chi connectivity index (χ1v) is 25.6. The Kier molecular flexibility index (Phi) is 21.3. The number of benzene rings is 6. The second-order valence-corrected chi connectivity index (χ2v) is 20.5. The Bertz CT molecular complexity index is 3310. The van der Waals surface area contributed by atoms with E-state index in [1.807, 2.05) is 85.2 Å². The predicted molar refractivity (Wildman–Crippen MR) is 286 cm³/mol. The van der Waals surface area contributed by atoms with Crippen LogP contribution in [0.3, 0.4) is 0 Å². The fourth-order valence-electron chi connectivity index (χ4n) is 8.88. The molecule has 73 heavy (non-hydrogen) atoms. The molecule has 15 nitrogen and oxygen atoms in total. The van der Waals surface area contributed by atoms with Crippen molar-refractivity contribution < 1.29 is 70.1 Å². The Balaban J connectivity index is 0.000000375. The maximum atomic E-state index is 13.6. The third-order valence-corrected chi connectivity index (χ3v) is 15.9. The van der Waals surface area contributed by atoms with Gasteiger partial charge in [0, 0.05) is 45.0 Å². The van der Waals surface area contributed by atoms with Gasteiger partial charge in [-0.25, -0.2) is 16.8 Å². The van der Waals surface area contributed by atoms with E-state index in [1.165, 1.54) is 7.11 Å². The van der Waals surface area contributed by atoms with E-state index in [1.54, 1.807) is 79.2 Å². The summed E-state index contributed by atoms with van der Waals surface area (Å²) in [6.07, 6.45) is 11.3. The molecule has 0 saturated carbocycles. The number of carbonyl (C=O) groups excluding carboxylic acids is 1. The molecule has 0 aliphatic rings. The number of aliphatic carboxylic acids is 1. The average molecular weight is 1030 g/mol. The summed E-state index contributed by atoms with van der Waals surface area (Å²) in [5.41, 5.74) is 6.38. The minimum absolute atomic E-state index is 0. The predicted octanol–water partition coefficient (Wildman–Crippen LogP) is 6.67. The van der Waals surface area contributed by atoms with Crippen molar-refractivity contribution >= 4 is 76.3 Å². The SMILES string of the molecule is C#CCN(c1ccc(NS(=O)(=O)c2c(C)cc(OC)c(C)c2C)c2ccccc12)[C@@H](C)CC(=O)O.C#CCN(c1ccc(NS(=O)(=O)c2c(C)cc(OC)c(C)c2C)c2ccccc12)[C@@H](C)CC(=O)OC.[Li+].[OH-]. The third kappa shape index (κ3) is 13.4. The van der Waals surface area contributed by atoms with Crippen molar-refractivity contribution in [2.45, 2.75) is 90.1 Å². The summed E-state index contributed by atoms with van der Waals surface area (Å²) >= 11 is 0. The second-order valence-electron chi connectivity index (χ2n) is 17.3. The van der Waals surface area contributed by atoms with Crippen molar-refractivity contribution in [3.8, 4) is 36.2 Å². The molecular weight excluding hydrogens is 964 g/mol. The van der Waals surface area contributed by atoms with E-state index in [0.29, 0.717) is 55.9 Å². The van der Waals surface area contributed by atoms with Gasteiger partial charge in [-0.2, -0.15) is 0 Å². The number of terminal acetylenes is 2. The van der Waals surface area contributed by atoms with Crippen molar-refractivity contribution in [1.29, 1.82) is 0 Å². The summed E-state index contributed by atoms with van der Waals surface area (Å²) in [5.74, 6) is 5.28. The molecule has 0 heterocycles. The summed E-state index contributed by atoms with van der Waals surface area (Å²) in [7, 11) is -3.35. The van der Waals surface area contributed by atoms with Crippen LogP contribution in [0, 0.1) is 66.2 Å². The first-order valence-electron chi connectivity index (χ1n) is 22.6. The molecule has 6 aromatic carbocycles. The summed E-state index contributed by atoms with van der Waals surface area (Å²) in [5, 5.41) is 12.2. The van der Waals surface area contributed by atoms with E-state index in [2.05, 4.69) is 21.3 Å². The number of sulfonamides is 2. The van der Waals surface area contributed by atoms with Crippen LogP contribution in [0.25, 0.3) is 21.5 Å². The monoisotopic (exact) mass is 1030 g/mol. The zero-order chi connectivity index (χ0) is 52.5. The molecule has 4 N–H and O–H groups in total.